The fourth-order valence-electron chi connectivity index (χ4n) is 1.47. The molecule has 0 amide bonds. The highest BCUT2D eigenvalue weighted by Crippen LogP contribution is 2.14. The first-order chi connectivity index (χ1) is 5.72. The number of nitrogens with zero attached hydrogens (tertiary/aromatic N) is 1. The summed E-state index contributed by atoms with van der Waals surface area (Å²) >= 11 is 0. The third kappa shape index (κ3) is 2.85. The van der Waals surface area contributed by atoms with Crippen molar-refractivity contribution in [3.63, 3.8) is 0 Å². The normalized spacial score (nSPS) is 20.5. The number of ether oxygens (including phenoxy) is 1. The van der Waals surface area contributed by atoms with Gasteiger partial charge in [-0.3, -0.25) is 4.79 Å². The van der Waals surface area contributed by atoms with E-state index >= 15 is 0 Å². The average molecular weight is 169 g/mol. The summed E-state index contributed by atoms with van der Waals surface area (Å²) < 4.78 is 4.60. The summed E-state index contributed by atoms with van der Waals surface area (Å²) in [7, 11) is 1.90. The minimum absolute atomic E-state index is 0.121. The minimum atomic E-state index is -0.121. The molecule has 1 aliphatic heterocycles. The summed E-state index contributed by atoms with van der Waals surface area (Å²) in [5.74, 6) is 0.698. The summed E-state index contributed by atoms with van der Waals surface area (Å²) in [6.45, 7) is 4.34. The zero-order valence-electron chi connectivity index (χ0n) is 7.88. The summed E-state index contributed by atoms with van der Waals surface area (Å²) in [5.41, 5.74) is 0. The van der Waals surface area contributed by atoms with Gasteiger partial charge in [-0.1, -0.05) is 6.92 Å². The van der Waals surface area contributed by atoms with Crippen LogP contribution in [0.15, 0.2) is 0 Å². The maximum Gasteiger partial charge on any atom is 0.341 e. The molecule has 1 fully saturated rings. The minimum Gasteiger partial charge on any atom is -0.476 e. The first kappa shape index (κ1) is 9.58. The first-order valence-corrected chi connectivity index (χ1v) is 4.51. The van der Waals surface area contributed by atoms with E-state index in [0.717, 1.165) is 19.0 Å². The number of hydrogen-bond donors (Lipinski definition) is 0. The van der Waals surface area contributed by atoms with Crippen LogP contribution in [0, 0.1) is 5.92 Å². The molecule has 0 atom stereocenters. The Bertz CT molecular complexity index is 155. The van der Waals surface area contributed by atoms with Gasteiger partial charge in [0.15, 0.2) is 0 Å². The topological polar surface area (TPSA) is 29.5 Å². The molecule has 0 aromatic heterocycles. The Balaban J connectivity index is 2.21. The largest absolute Gasteiger partial charge is 0.476 e. The van der Waals surface area contributed by atoms with Gasteiger partial charge in [0.2, 0.25) is 0 Å². The van der Waals surface area contributed by atoms with Crippen molar-refractivity contribution in [1.82, 2.24) is 4.81 Å². The van der Waals surface area contributed by atoms with Crippen LogP contribution in [0.1, 0.15) is 19.8 Å². The van der Waals surface area contributed by atoms with E-state index < -0.39 is 0 Å². The Kier molecular flexibility index (Phi) is 3.60. The Labute approximate surface area is 74.3 Å². The van der Waals surface area contributed by atoms with Gasteiger partial charge in [0, 0.05) is 0 Å². The standard InChI is InChI=1S/C8H16BNO2/c1-7-3-5-10(6-4-7)9-8(11)12-2/h7,9H,3-6H2,1-2H3. The number of rotatable bonds is 2. The van der Waals surface area contributed by atoms with E-state index in [1.165, 1.54) is 20.0 Å². The molecule has 0 bridgehead atoms. The molecule has 0 aromatic carbocycles. The van der Waals surface area contributed by atoms with E-state index in [1.54, 1.807) is 0 Å². The molecule has 1 aliphatic rings. The zero-order valence-corrected chi connectivity index (χ0v) is 7.88. The average Bonchev–Trinajstić information content (AvgIpc) is 2.09. The molecular formula is C8H16BNO2. The molecule has 3 nitrogen and oxygen atoms in total. The number of carbonyl (C=O) groups is 1. The highest BCUT2D eigenvalue weighted by Gasteiger charge is 2.19. The van der Waals surface area contributed by atoms with Crippen molar-refractivity contribution in [3.8, 4) is 0 Å². The van der Waals surface area contributed by atoms with Crippen LogP contribution in [0.2, 0.25) is 0 Å². The quantitative estimate of drug-likeness (QED) is 0.573. The summed E-state index contributed by atoms with van der Waals surface area (Å²) in [4.78, 5) is 13.1. The Morgan fingerprint density at radius 1 is 1.50 bits per heavy atom. The van der Waals surface area contributed by atoms with E-state index in [9.17, 15) is 4.79 Å². The Morgan fingerprint density at radius 3 is 2.58 bits per heavy atom. The number of hydrogen-bond acceptors (Lipinski definition) is 3. The highest BCUT2D eigenvalue weighted by molar-refractivity contribution is 6.69. The molecule has 1 heterocycles. The second-order valence-electron chi connectivity index (χ2n) is 3.53. The van der Waals surface area contributed by atoms with Gasteiger partial charge in [0.1, 0.15) is 0 Å². The smallest absolute Gasteiger partial charge is 0.341 e. The third-order valence-corrected chi connectivity index (χ3v) is 2.46. The lowest BCUT2D eigenvalue weighted by Gasteiger charge is -2.28. The monoisotopic (exact) mass is 169 g/mol. The molecule has 12 heavy (non-hydrogen) atoms. The lowest BCUT2D eigenvalue weighted by molar-refractivity contribution is 0.193. The fourth-order valence-corrected chi connectivity index (χ4v) is 1.47. The molecule has 0 N–H and O–H groups in total. The van der Waals surface area contributed by atoms with E-state index in [4.69, 9.17) is 0 Å². The van der Waals surface area contributed by atoms with Crippen molar-refractivity contribution in [1.29, 1.82) is 0 Å². The molecule has 1 saturated heterocycles. The molecule has 4 heteroatoms. The van der Waals surface area contributed by atoms with Crippen LogP contribution in [-0.2, 0) is 4.74 Å². The van der Waals surface area contributed by atoms with Crippen molar-refractivity contribution in [3.05, 3.63) is 0 Å². The van der Waals surface area contributed by atoms with Crippen molar-refractivity contribution in [2.45, 2.75) is 19.8 Å². The second kappa shape index (κ2) is 4.50. The van der Waals surface area contributed by atoms with Crippen LogP contribution in [-0.4, -0.2) is 38.3 Å². The van der Waals surface area contributed by atoms with Crippen LogP contribution in [0.5, 0.6) is 0 Å². The highest BCUT2D eigenvalue weighted by atomic mass is 16.5. The van der Waals surface area contributed by atoms with Crippen LogP contribution in [0.4, 0.5) is 4.79 Å². The van der Waals surface area contributed by atoms with Crippen LogP contribution in [0.25, 0.3) is 0 Å². The second-order valence-corrected chi connectivity index (χ2v) is 3.53. The molecular weight excluding hydrogens is 153 g/mol. The summed E-state index contributed by atoms with van der Waals surface area (Å²) in [5, 5.41) is 0. The third-order valence-electron chi connectivity index (χ3n) is 2.46. The van der Waals surface area contributed by atoms with Gasteiger partial charge in [-0.2, -0.15) is 0 Å². The maximum absolute atomic E-state index is 10.9. The van der Waals surface area contributed by atoms with Gasteiger partial charge < -0.3 is 9.55 Å². The van der Waals surface area contributed by atoms with E-state index in [2.05, 4.69) is 16.5 Å². The van der Waals surface area contributed by atoms with E-state index in [-0.39, 0.29) is 5.87 Å². The predicted octanol–water partition coefficient (Wildman–Crippen LogP) is 0.836. The van der Waals surface area contributed by atoms with Crippen LogP contribution >= 0.6 is 0 Å². The molecule has 68 valence electrons. The molecule has 1 rings (SSSR count). The van der Waals surface area contributed by atoms with Crippen molar-refractivity contribution in [2.75, 3.05) is 20.2 Å². The van der Waals surface area contributed by atoms with Gasteiger partial charge in [-0.05, 0) is 31.8 Å². The Morgan fingerprint density at radius 2 is 2.08 bits per heavy atom. The van der Waals surface area contributed by atoms with E-state index in [1.807, 2.05) is 0 Å². The fraction of sp³-hybridized carbons (Fsp3) is 0.875. The van der Waals surface area contributed by atoms with Crippen molar-refractivity contribution in [2.24, 2.45) is 5.92 Å². The van der Waals surface area contributed by atoms with Gasteiger partial charge in [-0.15, -0.1) is 0 Å². The van der Waals surface area contributed by atoms with E-state index in [0.29, 0.717) is 7.41 Å². The van der Waals surface area contributed by atoms with Crippen molar-refractivity contribution >= 4 is 13.3 Å². The molecule has 0 aliphatic carbocycles. The van der Waals surface area contributed by atoms with Gasteiger partial charge in [0.05, 0.1) is 7.11 Å². The number of carbonyl (C=O) groups excluding carboxylic acids is 1. The number of methoxy groups -OCH3 is 1. The zero-order chi connectivity index (χ0) is 8.97. The number of piperidine rings is 1. The summed E-state index contributed by atoms with van der Waals surface area (Å²) in [6, 6.07) is 0. The van der Waals surface area contributed by atoms with Crippen LogP contribution in [0.3, 0.4) is 0 Å². The van der Waals surface area contributed by atoms with Gasteiger partial charge in [0.25, 0.3) is 5.87 Å². The Hall–Kier alpha value is -0.505. The molecule has 0 saturated carbocycles. The van der Waals surface area contributed by atoms with Crippen LogP contribution < -0.4 is 0 Å². The van der Waals surface area contributed by atoms with Gasteiger partial charge in [-0.25, -0.2) is 0 Å². The molecule has 0 unspecified atom stereocenters. The lowest BCUT2D eigenvalue weighted by Crippen LogP contribution is -2.39. The first-order valence-electron chi connectivity index (χ1n) is 4.51. The van der Waals surface area contributed by atoms with Gasteiger partial charge >= 0.3 is 7.41 Å². The molecule has 0 spiro atoms. The molecule has 0 radical (unpaired) electrons. The SMILES string of the molecule is COC(=O)BN1CCC(C)CC1. The summed E-state index contributed by atoms with van der Waals surface area (Å²) in [6.07, 6.45) is 2.41. The maximum atomic E-state index is 10.9. The molecule has 0 aromatic rings. The van der Waals surface area contributed by atoms with Crippen molar-refractivity contribution < 1.29 is 9.53 Å². The predicted molar refractivity (Wildman–Crippen MR) is 49.5 cm³/mol. The lowest BCUT2D eigenvalue weighted by atomic mass is 9.86.